The molecule has 0 fully saturated rings. The molecular formula is C20H22N2O4. The van der Waals surface area contributed by atoms with Crippen molar-refractivity contribution in [2.24, 2.45) is 0 Å². The highest BCUT2D eigenvalue weighted by Gasteiger charge is 2.34. The van der Waals surface area contributed by atoms with E-state index in [-0.39, 0.29) is 18.4 Å². The third-order valence-corrected chi connectivity index (χ3v) is 4.29. The molecule has 1 N–H and O–H groups in total. The van der Waals surface area contributed by atoms with Crippen molar-refractivity contribution in [1.29, 1.82) is 0 Å². The molecular weight excluding hydrogens is 332 g/mol. The van der Waals surface area contributed by atoms with Crippen molar-refractivity contribution in [2.45, 2.75) is 26.0 Å². The number of ether oxygens (including phenoxy) is 2. The monoisotopic (exact) mass is 354 g/mol. The third-order valence-electron chi connectivity index (χ3n) is 4.29. The maximum absolute atomic E-state index is 12.6. The van der Waals surface area contributed by atoms with Crippen molar-refractivity contribution in [3.8, 4) is 11.5 Å². The van der Waals surface area contributed by atoms with Crippen LogP contribution in [0.1, 0.15) is 18.9 Å². The second kappa shape index (κ2) is 7.91. The average molecular weight is 354 g/mol. The lowest BCUT2D eigenvalue weighted by Gasteiger charge is -2.33. The molecule has 3 rings (SSSR count). The van der Waals surface area contributed by atoms with Gasteiger partial charge in [-0.05, 0) is 36.2 Å². The van der Waals surface area contributed by atoms with E-state index >= 15 is 0 Å². The third kappa shape index (κ3) is 3.79. The van der Waals surface area contributed by atoms with Crippen LogP contribution in [0.15, 0.2) is 48.5 Å². The topological polar surface area (TPSA) is 67.9 Å². The molecule has 6 heteroatoms. The number of carbonyl (C=O) groups is 2. The largest absolute Gasteiger partial charge is 0.497 e. The van der Waals surface area contributed by atoms with E-state index < -0.39 is 6.10 Å². The minimum Gasteiger partial charge on any atom is -0.497 e. The summed E-state index contributed by atoms with van der Waals surface area (Å²) in [6, 6.07) is 14.7. The first-order valence-electron chi connectivity index (χ1n) is 8.59. The number of nitrogens with zero attached hydrogens (tertiary/aromatic N) is 1. The molecule has 6 nitrogen and oxygen atoms in total. The lowest BCUT2D eigenvalue weighted by atomic mass is 10.1. The molecule has 1 aliphatic rings. The van der Waals surface area contributed by atoms with Crippen LogP contribution >= 0.6 is 0 Å². The zero-order chi connectivity index (χ0) is 18.5. The maximum Gasteiger partial charge on any atom is 0.268 e. The predicted molar refractivity (Wildman–Crippen MR) is 98.3 cm³/mol. The zero-order valence-electron chi connectivity index (χ0n) is 14.9. The Kier molecular flexibility index (Phi) is 5.41. The molecule has 2 aromatic carbocycles. The highest BCUT2D eigenvalue weighted by Crippen LogP contribution is 2.34. The van der Waals surface area contributed by atoms with Gasteiger partial charge in [0.05, 0.1) is 12.8 Å². The Morgan fingerprint density at radius 3 is 2.62 bits per heavy atom. The van der Waals surface area contributed by atoms with Crippen LogP contribution < -0.4 is 19.7 Å². The van der Waals surface area contributed by atoms with Crippen LogP contribution in [0.5, 0.6) is 11.5 Å². The molecule has 26 heavy (non-hydrogen) atoms. The molecule has 0 aromatic heterocycles. The summed E-state index contributed by atoms with van der Waals surface area (Å²) in [6.07, 6.45) is -0.00350. The van der Waals surface area contributed by atoms with Gasteiger partial charge in [-0.25, -0.2) is 0 Å². The summed E-state index contributed by atoms with van der Waals surface area (Å²) in [5.41, 5.74) is 1.58. The first-order chi connectivity index (χ1) is 12.6. The number of hydrogen-bond acceptors (Lipinski definition) is 4. The number of amides is 2. The molecule has 0 aliphatic carbocycles. The number of benzene rings is 2. The number of anilines is 1. The molecule has 1 aliphatic heterocycles. The minimum atomic E-state index is -0.556. The van der Waals surface area contributed by atoms with E-state index in [1.807, 2.05) is 49.4 Å². The van der Waals surface area contributed by atoms with Crippen LogP contribution in [-0.4, -0.2) is 31.6 Å². The van der Waals surface area contributed by atoms with E-state index in [0.717, 1.165) is 11.3 Å². The fourth-order valence-electron chi connectivity index (χ4n) is 2.84. The summed E-state index contributed by atoms with van der Waals surface area (Å²) < 4.78 is 10.8. The summed E-state index contributed by atoms with van der Waals surface area (Å²) in [4.78, 5) is 26.5. The Morgan fingerprint density at radius 2 is 1.92 bits per heavy atom. The van der Waals surface area contributed by atoms with Gasteiger partial charge >= 0.3 is 0 Å². The van der Waals surface area contributed by atoms with E-state index in [9.17, 15) is 9.59 Å². The highest BCUT2D eigenvalue weighted by molar-refractivity contribution is 6.03. The van der Waals surface area contributed by atoms with Gasteiger partial charge in [-0.1, -0.05) is 31.2 Å². The van der Waals surface area contributed by atoms with Crippen LogP contribution in [0.2, 0.25) is 0 Å². The SMILES string of the molecule is CCC1Oc2ccccc2N(CC(=O)NCc2ccc(OC)cc2)C1=O. The Bertz CT molecular complexity index is 789. The van der Waals surface area contributed by atoms with E-state index in [1.165, 1.54) is 4.90 Å². The van der Waals surface area contributed by atoms with Gasteiger partial charge < -0.3 is 14.8 Å². The number of rotatable bonds is 6. The standard InChI is InChI=1S/C20H22N2O4/c1-3-17-20(24)22(16-6-4-5-7-18(16)26-17)13-19(23)21-12-14-8-10-15(25-2)11-9-14/h4-11,17H,3,12-13H2,1-2H3,(H,21,23). The Balaban J connectivity index is 1.66. The molecule has 0 radical (unpaired) electrons. The van der Waals surface area contributed by atoms with E-state index in [2.05, 4.69) is 5.32 Å². The second-order valence-electron chi connectivity index (χ2n) is 6.03. The summed E-state index contributed by atoms with van der Waals surface area (Å²) >= 11 is 0. The fourth-order valence-corrected chi connectivity index (χ4v) is 2.84. The van der Waals surface area contributed by atoms with Gasteiger partial charge in [-0.3, -0.25) is 14.5 Å². The highest BCUT2D eigenvalue weighted by atomic mass is 16.5. The Hall–Kier alpha value is -3.02. The van der Waals surface area contributed by atoms with E-state index in [0.29, 0.717) is 24.4 Å². The molecule has 0 saturated carbocycles. The second-order valence-corrected chi connectivity index (χ2v) is 6.03. The minimum absolute atomic E-state index is 0.0359. The van der Waals surface area contributed by atoms with Crippen LogP contribution in [0.4, 0.5) is 5.69 Å². The molecule has 2 aromatic rings. The summed E-state index contributed by atoms with van der Waals surface area (Å²) in [5.74, 6) is 0.981. The summed E-state index contributed by atoms with van der Waals surface area (Å²) in [6.45, 7) is 2.24. The van der Waals surface area contributed by atoms with Gasteiger partial charge in [0.1, 0.15) is 18.0 Å². The molecule has 0 spiro atoms. The predicted octanol–water partition coefficient (Wildman–Crippen LogP) is 2.52. The fraction of sp³-hybridized carbons (Fsp3) is 0.300. The van der Waals surface area contributed by atoms with Gasteiger partial charge in [0.25, 0.3) is 5.91 Å². The van der Waals surface area contributed by atoms with Gasteiger partial charge in [0, 0.05) is 6.54 Å². The molecule has 0 bridgehead atoms. The number of methoxy groups -OCH3 is 1. The first kappa shape index (κ1) is 17.8. The summed E-state index contributed by atoms with van der Waals surface area (Å²) in [7, 11) is 1.61. The van der Waals surface area contributed by atoms with E-state index in [1.54, 1.807) is 13.2 Å². The number of para-hydroxylation sites is 2. The molecule has 136 valence electrons. The molecule has 2 amide bonds. The molecule has 1 heterocycles. The maximum atomic E-state index is 12.6. The lowest BCUT2D eigenvalue weighted by molar-refractivity contribution is -0.129. The van der Waals surface area contributed by atoms with Crippen LogP contribution in [0.3, 0.4) is 0 Å². The van der Waals surface area contributed by atoms with Gasteiger partial charge in [-0.15, -0.1) is 0 Å². The smallest absolute Gasteiger partial charge is 0.268 e. The number of hydrogen-bond donors (Lipinski definition) is 1. The van der Waals surface area contributed by atoms with Crippen LogP contribution in [-0.2, 0) is 16.1 Å². The van der Waals surface area contributed by atoms with Crippen molar-refractivity contribution in [2.75, 3.05) is 18.6 Å². The average Bonchev–Trinajstić information content (AvgIpc) is 2.68. The Labute approximate surface area is 152 Å². The van der Waals surface area contributed by atoms with Crippen molar-refractivity contribution >= 4 is 17.5 Å². The van der Waals surface area contributed by atoms with Crippen molar-refractivity contribution in [3.63, 3.8) is 0 Å². The lowest BCUT2D eigenvalue weighted by Crippen LogP contribution is -2.49. The zero-order valence-corrected chi connectivity index (χ0v) is 14.9. The van der Waals surface area contributed by atoms with Crippen molar-refractivity contribution in [1.82, 2.24) is 5.32 Å². The molecule has 1 unspecified atom stereocenters. The normalized spacial score (nSPS) is 15.8. The summed E-state index contributed by atoms with van der Waals surface area (Å²) in [5, 5.41) is 2.85. The molecule has 0 saturated heterocycles. The first-order valence-corrected chi connectivity index (χ1v) is 8.59. The van der Waals surface area contributed by atoms with Gasteiger partial charge in [-0.2, -0.15) is 0 Å². The van der Waals surface area contributed by atoms with Crippen LogP contribution in [0.25, 0.3) is 0 Å². The van der Waals surface area contributed by atoms with Crippen molar-refractivity contribution < 1.29 is 19.1 Å². The quantitative estimate of drug-likeness (QED) is 0.866. The van der Waals surface area contributed by atoms with Crippen LogP contribution in [0, 0.1) is 0 Å². The van der Waals surface area contributed by atoms with E-state index in [4.69, 9.17) is 9.47 Å². The van der Waals surface area contributed by atoms with Gasteiger partial charge in [0.2, 0.25) is 5.91 Å². The number of nitrogens with one attached hydrogen (secondary N) is 1. The molecule has 1 atom stereocenters. The number of carbonyl (C=O) groups excluding carboxylic acids is 2. The number of fused-ring (bicyclic) bond motifs is 1. The van der Waals surface area contributed by atoms with Gasteiger partial charge in [0.15, 0.2) is 6.10 Å². The Morgan fingerprint density at radius 1 is 1.19 bits per heavy atom. The van der Waals surface area contributed by atoms with Crippen molar-refractivity contribution in [3.05, 3.63) is 54.1 Å².